The summed E-state index contributed by atoms with van der Waals surface area (Å²) in [5.41, 5.74) is 2.80. The van der Waals surface area contributed by atoms with Gasteiger partial charge in [0.25, 0.3) is 0 Å². The van der Waals surface area contributed by atoms with Gasteiger partial charge in [-0.2, -0.15) is 5.10 Å². The van der Waals surface area contributed by atoms with Crippen molar-refractivity contribution in [3.05, 3.63) is 29.0 Å². The van der Waals surface area contributed by atoms with Crippen LogP contribution < -0.4 is 0 Å². The quantitative estimate of drug-likeness (QED) is 0.672. The third-order valence-electron chi connectivity index (χ3n) is 3.38. The molecule has 2 heterocycles. The molecule has 1 unspecified atom stereocenters. The molecule has 3 N–H and O–H groups in total. The van der Waals surface area contributed by atoms with Crippen molar-refractivity contribution in [1.29, 1.82) is 0 Å². The molecule has 1 fully saturated rings. The highest BCUT2D eigenvalue weighted by Gasteiger charge is 2.31. The molecule has 1 aromatic rings. The number of aromatic amines is 1. The second kappa shape index (κ2) is 4.29. The monoisotopic (exact) mass is 234 g/mol. The van der Waals surface area contributed by atoms with Crippen LogP contribution >= 0.6 is 0 Å². The number of ether oxygens (including phenoxy) is 1. The lowest BCUT2D eigenvalue weighted by Gasteiger charge is -2.22. The highest BCUT2D eigenvalue weighted by atomic mass is 16.5. The average Bonchev–Trinajstić information content (AvgIpc) is 3.07. The molecule has 1 saturated carbocycles. The SMILES string of the molecule is OB(O)C1=CC(c2cn[nH]c2C2CC2)OCC1. The largest absolute Gasteiger partial charge is 0.484 e. The molecule has 90 valence electrons. The first-order valence-electron chi connectivity index (χ1n) is 5.97. The molecule has 0 bridgehead atoms. The molecule has 0 amide bonds. The number of aromatic nitrogens is 2. The van der Waals surface area contributed by atoms with Crippen molar-refractivity contribution in [2.75, 3.05) is 6.61 Å². The van der Waals surface area contributed by atoms with Gasteiger partial charge in [-0.05, 0) is 24.7 Å². The fourth-order valence-corrected chi connectivity index (χ4v) is 2.26. The molecule has 3 rings (SSSR count). The predicted octanol–water partition coefficient (Wildman–Crippen LogP) is 0.687. The van der Waals surface area contributed by atoms with Gasteiger partial charge in [0.2, 0.25) is 0 Å². The molecule has 1 aliphatic carbocycles. The minimum atomic E-state index is -1.38. The normalized spacial score (nSPS) is 24.6. The van der Waals surface area contributed by atoms with Crippen molar-refractivity contribution in [3.63, 3.8) is 0 Å². The van der Waals surface area contributed by atoms with Crippen LogP contribution in [0.4, 0.5) is 0 Å². The van der Waals surface area contributed by atoms with E-state index >= 15 is 0 Å². The van der Waals surface area contributed by atoms with Crippen LogP contribution in [0.1, 0.15) is 42.5 Å². The Hall–Kier alpha value is -1.11. The highest BCUT2D eigenvalue weighted by Crippen LogP contribution is 2.43. The summed E-state index contributed by atoms with van der Waals surface area (Å²) in [5.74, 6) is 0.578. The van der Waals surface area contributed by atoms with Crippen molar-refractivity contribution < 1.29 is 14.8 Å². The van der Waals surface area contributed by atoms with Gasteiger partial charge in [-0.25, -0.2) is 0 Å². The summed E-state index contributed by atoms with van der Waals surface area (Å²) in [6, 6.07) is 0. The number of H-pyrrole nitrogens is 1. The fourth-order valence-electron chi connectivity index (χ4n) is 2.26. The standard InChI is InChI=1S/C11H15BN2O3/c15-12(16)8-3-4-17-10(5-8)9-6-13-14-11(9)7-1-2-7/h5-7,10,15-16H,1-4H2,(H,13,14). The Kier molecular flexibility index (Phi) is 2.78. The first-order valence-corrected chi connectivity index (χ1v) is 5.97. The van der Waals surface area contributed by atoms with Crippen LogP contribution in [0.25, 0.3) is 0 Å². The summed E-state index contributed by atoms with van der Waals surface area (Å²) in [6.45, 7) is 0.517. The van der Waals surface area contributed by atoms with Gasteiger partial charge in [-0.3, -0.25) is 5.10 Å². The third kappa shape index (κ3) is 2.16. The van der Waals surface area contributed by atoms with Gasteiger partial charge in [0, 0.05) is 17.2 Å². The lowest BCUT2D eigenvalue weighted by atomic mass is 9.75. The maximum Gasteiger partial charge on any atom is 0.484 e. The molecule has 1 atom stereocenters. The van der Waals surface area contributed by atoms with Gasteiger partial charge in [0.1, 0.15) is 6.10 Å². The lowest BCUT2D eigenvalue weighted by Crippen LogP contribution is -2.22. The second-order valence-corrected chi connectivity index (χ2v) is 4.67. The summed E-state index contributed by atoms with van der Waals surface area (Å²) in [4.78, 5) is 0. The second-order valence-electron chi connectivity index (χ2n) is 4.67. The molecule has 5 nitrogen and oxygen atoms in total. The minimum Gasteiger partial charge on any atom is -0.423 e. The number of rotatable bonds is 3. The van der Waals surface area contributed by atoms with E-state index < -0.39 is 7.12 Å². The molecule has 0 saturated heterocycles. The van der Waals surface area contributed by atoms with Gasteiger partial charge in [-0.15, -0.1) is 0 Å². The van der Waals surface area contributed by atoms with Crippen molar-refractivity contribution >= 4 is 7.12 Å². The fraction of sp³-hybridized carbons (Fsp3) is 0.545. The molecule has 2 aliphatic rings. The van der Waals surface area contributed by atoms with Crippen molar-refractivity contribution in [2.24, 2.45) is 0 Å². The van der Waals surface area contributed by atoms with E-state index in [0.717, 1.165) is 11.3 Å². The maximum atomic E-state index is 9.19. The third-order valence-corrected chi connectivity index (χ3v) is 3.38. The molecule has 1 aromatic heterocycles. The predicted molar refractivity (Wildman–Crippen MR) is 62.1 cm³/mol. The van der Waals surface area contributed by atoms with Gasteiger partial charge < -0.3 is 14.8 Å². The molecular formula is C11H15BN2O3. The molecule has 0 spiro atoms. The first kappa shape index (κ1) is 11.0. The number of nitrogens with one attached hydrogen (secondary N) is 1. The van der Waals surface area contributed by atoms with Crippen LogP contribution in [0.2, 0.25) is 0 Å². The van der Waals surface area contributed by atoms with E-state index in [2.05, 4.69) is 10.2 Å². The Labute approximate surface area is 99.6 Å². The molecule has 6 heteroatoms. The lowest BCUT2D eigenvalue weighted by molar-refractivity contribution is 0.0769. The summed E-state index contributed by atoms with van der Waals surface area (Å²) in [7, 11) is -1.38. The maximum absolute atomic E-state index is 9.19. The van der Waals surface area contributed by atoms with Crippen LogP contribution in [-0.4, -0.2) is 34.0 Å². The van der Waals surface area contributed by atoms with Crippen LogP contribution in [0.5, 0.6) is 0 Å². The van der Waals surface area contributed by atoms with Crippen LogP contribution in [-0.2, 0) is 4.74 Å². The number of nitrogens with zero attached hydrogens (tertiary/aromatic N) is 1. The summed E-state index contributed by atoms with van der Waals surface area (Å²) in [6.07, 6.45) is 6.34. The van der Waals surface area contributed by atoms with E-state index in [1.54, 1.807) is 12.3 Å². The van der Waals surface area contributed by atoms with Crippen LogP contribution in [0.3, 0.4) is 0 Å². The van der Waals surface area contributed by atoms with Crippen LogP contribution in [0.15, 0.2) is 17.7 Å². The summed E-state index contributed by atoms with van der Waals surface area (Å²) < 4.78 is 5.66. The Morgan fingerprint density at radius 1 is 1.41 bits per heavy atom. The minimum absolute atomic E-state index is 0.199. The van der Waals surface area contributed by atoms with E-state index in [-0.39, 0.29) is 6.10 Å². The Bertz CT molecular complexity index is 440. The smallest absolute Gasteiger partial charge is 0.423 e. The summed E-state index contributed by atoms with van der Waals surface area (Å²) in [5, 5.41) is 25.5. The molecule has 0 radical (unpaired) electrons. The molecular weight excluding hydrogens is 219 g/mol. The van der Waals surface area contributed by atoms with Crippen molar-refractivity contribution in [1.82, 2.24) is 10.2 Å². The number of hydrogen-bond acceptors (Lipinski definition) is 4. The van der Waals surface area contributed by atoms with E-state index in [1.807, 2.05) is 0 Å². The number of hydrogen-bond donors (Lipinski definition) is 3. The first-order chi connectivity index (χ1) is 8.25. The van der Waals surface area contributed by atoms with Gasteiger partial charge in [-0.1, -0.05) is 6.08 Å². The van der Waals surface area contributed by atoms with Gasteiger partial charge >= 0.3 is 7.12 Å². The van der Waals surface area contributed by atoms with Gasteiger partial charge in [0.15, 0.2) is 0 Å². The Morgan fingerprint density at radius 3 is 2.94 bits per heavy atom. The van der Waals surface area contributed by atoms with E-state index in [1.165, 1.54) is 12.8 Å². The van der Waals surface area contributed by atoms with Crippen molar-refractivity contribution in [3.8, 4) is 0 Å². The van der Waals surface area contributed by atoms with Gasteiger partial charge in [0.05, 0.1) is 12.8 Å². The molecule has 17 heavy (non-hydrogen) atoms. The van der Waals surface area contributed by atoms with E-state index in [0.29, 0.717) is 24.4 Å². The molecule has 1 aliphatic heterocycles. The molecule has 0 aromatic carbocycles. The van der Waals surface area contributed by atoms with Crippen LogP contribution in [0, 0.1) is 0 Å². The zero-order chi connectivity index (χ0) is 11.8. The summed E-state index contributed by atoms with van der Waals surface area (Å²) >= 11 is 0. The zero-order valence-electron chi connectivity index (χ0n) is 9.47. The topological polar surface area (TPSA) is 78.4 Å². The Balaban J connectivity index is 1.87. The van der Waals surface area contributed by atoms with E-state index in [4.69, 9.17) is 4.74 Å². The highest BCUT2D eigenvalue weighted by molar-refractivity contribution is 6.50. The average molecular weight is 234 g/mol. The van der Waals surface area contributed by atoms with E-state index in [9.17, 15) is 10.0 Å². The Morgan fingerprint density at radius 2 is 2.24 bits per heavy atom. The zero-order valence-corrected chi connectivity index (χ0v) is 9.47. The van der Waals surface area contributed by atoms with Crippen molar-refractivity contribution in [2.45, 2.75) is 31.3 Å².